The molecular formula is C20H23FN2O2. The molecule has 1 saturated carbocycles. The lowest BCUT2D eigenvalue weighted by Crippen LogP contribution is -2.41. The second-order valence-corrected chi connectivity index (χ2v) is 6.78. The van der Waals surface area contributed by atoms with Crippen molar-refractivity contribution in [2.75, 3.05) is 14.1 Å². The Hall–Kier alpha value is -2.40. The number of halogens is 1. The predicted molar refractivity (Wildman–Crippen MR) is 94.5 cm³/mol. The minimum absolute atomic E-state index is 0.00227. The summed E-state index contributed by atoms with van der Waals surface area (Å²) in [5, 5.41) is 9.67. The van der Waals surface area contributed by atoms with Gasteiger partial charge in [-0.3, -0.25) is 9.69 Å². The van der Waals surface area contributed by atoms with Gasteiger partial charge in [0, 0.05) is 12.6 Å². The van der Waals surface area contributed by atoms with Crippen LogP contribution in [0.5, 0.6) is 5.75 Å². The number of carbonyl (C=O) groups excluding carboxylic acids is 1. The molecule has 0 spiro atoms. The van der Waals surface area contributed by atoms with Gasteiger partial charge in [0.05, 0.1) is 0 Å². The maximum Gasteiger partial charge on any atom is 0.245 e. The first kappa shape index (κ1) is 17.4. The van der Waals surface area contributed by atoms with E-state index < -0.39 is 6.04 Å². The third-order valence-electron chi connectivity index (χ3n) is 4.47. The second-order valence-electron chi connectivity index (χ2n) is 6.78. The van der Waals surface area contributed by atoms with Crippen molar-refractivity contribution in [3.05, 3.63) is 65.5 Å². The van der Waals surface area contributed by atoms with Crippen LogP contribution < -0.4 is 0 Å². The van der Waals surface area contributed by atoms with Crippen LogP contribution in [0.25, 0.3) is 0 Å². The highest BCUT2D eigenvalue weighted by Crippen LogP contribution is 2.33. The normalized spacial score (nSPS) is 15.2. The standard InChI is InChI=1S/C20H23FN2O2/c1-22(2)19(15-6-8-16(21)9-7-15)20(25)23(17-10-11-17)13-14-4-3-5-18(24)12-14/h3-9,12,17,19,24H,10-11,13H2,1-2H3/t19-/m0/s1. The summed E-state index contributed by atoms with van der Waals surface area (Å²) in [5.74, 6) is -0.113. The maximum atomic E-state index is 13.3. The van der Waals surface area contributed by atoms with Gasteiger partial charge in [-0.1, -0.05) is 24.3 Å². The van der Waals surface area contributed by atoms with E-state index in [2.05, 4.69) is 0 Å². The fraction of sp³-hybridized carbons (Fsp3) is 0.350. The summed E-state index contributed by atoms with van der Waals surface area (Å²) < 4.78 is 13.2. The van der Waals surface area contributed by atoms with Crippen LogP contribution in [-0.4, -0.2) is 41.0 Å². The molecule has 0 saturated heterocycles. The number of benzene rings is 2. The topological polar surface area (TPSA) is 43.8 Å². The summed E-state index contributed by atoms with van der Waals surface area (Å²) >= 11 is 0. The van der Waals surface area contributed by atoms with Gasteiger partial charge in [0.1, 0.15) is 17.6 Å². The predicted octanol–water partition coefficient (Wildman–Crippen LogP) is 3.33. The van der Waals surface area contributed by atoms with Gasteiger partial charge in [-0.2, -0.15) is 0 Å². The number of hydrogen-bond acceptors (Lipinski definition) is 3. The van der Waals surface area contributed by atoms with Gasteiger partial charge in [-0.15, -0.1) is 0 Å². The van der Waals surface area contributed by atoms with Gasteiger partial charge in [-0.05, 0) is 62.3 Å². The Bertz CT molecular complexity index is 742. The van der Waals surface area contributed by atoms with Crippen LogP contribution in [0.1, 0.15) is 30.0 Å². The molecule has 5 heteroatoms. The lowest BCUT2D eigenvalue weighted by Gasteiger charge is -2.31. The average Bonchev–Trinajstić information content (AvgIpc) is 3.39. The van der Waals surface area contributed by atoms with Crippen molar-refractivity contribution in [2.24, 2.45) is 0 Å². The summed E-state index contributed by atoms with van der Waals surface area (Å²) in [4.78, 5) is 17.0. The average molecular weight is 342 g/mol. The molecule has 1 N–H and O–H groups in total. The number of phenolic OH excluding ortho intramolecular Hbond substituents is 1. The SMILES string of the molecule is CN(C)[C@H](C(=O)N(Cc1cccc(O)c1)C1CC1)c1ccc(F)cc1. The molecule has 1 fully saturated rings. The van der Waals surface area contributed by atoms with Crippen molar-refractivity contribution in [3.63, 3.8) is 0 Å². The summed E-state index contributed by atoms with van der Waals surface area (Å²) in [6.45, 7) is 0.462. The molecule has 1 atom stereocenters. The van der Waals surface area contributed by atoms with E-state index in [1.165, 1.54) is 12.1 Å². The van der Waals surface area contributed by atoms with Crippen molar-refractivity contribution in [1.82, 2.24) is 9.80 Å². The maximum absolute atomic E-state index is 13.3. The Labute approximate surface area is 147 Å². The van der Waals surface area contributed by atoms with Crippen LogP contribution in [0.2, 0.25) is 0 Å². The molecule has 4 nitrogen and oxygen atoms in total. The molecule has 1 aliphatic rings. The quantitative estimate of drug-likeness (QED) is 0.876. The van der Waals surface area contributed by atoms with Crippen molar-refractivity contribution in [3.8, 4) is 5.75 Å². The van der Waals surface area contributed by atoms with Crippen LogP contribution in [0, 0.1) is 5.82 Å². The number of aromatic hydroxyl groups is 1. The largest absolute Gasteiger partial charge is 0.508 e. The zero-order chi connectivity index (χ0) is 18.0. The van der Waals surface area contributed by atoms with E-state index in [0.717, 1.165) is 24.0 Å². The first-order chi connectivity index (χ1) is 12.0. The van der Waals surface area contributed by atoms with E-state index >= 15 is 0 Å². The van der Waals surface area contributed by atoms with Crippen molar-refractivity contribution in [1.29, 1.82) is 0 Å². The summed E-state index contributed by atoms with van der Waals surface area (Å²) in [7, 11) is 3.71. The Kier molecular flexibility index (Phi) is 5.04. The molecule has 0 heterocycles. The molecule has 0 bridgehead atoms. The molecule has 0 radical (unpaired) electrons. The van der Waals surface area contributed by atoms with Crippen LogP contribution in [-0.2, 0) is 11.3 Å². The summed E-state index contributed by atoms with van der Waals surface area (Å²) in [5.41, 5.74) is 1.68. The number of rotatable bonds is 6. The molecule has 25 heavy (non-hydrogen) atoms. The zero-order valence-electron chi connectivity index (χ0n) is 14.5. The van der Waals surface area contributed by atoms with Gasteiger partial charge in [0.2, 0.25) is 5.91 Å². The third kappa shape index (κ3) is 4.17. The number of carbonyl (C=O) groups is 1. The van der Waals surface area contributed by atoms with E-state index in [-0.39, 0.29) is 23.5 Å². The summed E-state index contributed by atoms with van der Waals surface area (Å²) in [6, 6.07) is 12.9. The fourth-order valence-corrected chi connectivity index (χ4v) is 3.09. The first-order valence-corrected chi connectivity index (χ1v) is 8.46. The lowest BCUT2D eigenvalue weighted by molar-refractivity contribution is -0.137. The Balaban J connectivity index is 1.86. The molecule has 3 rings (SSSR count). The van der Waals surface area contributed by atoms with E-state index in [1.807, 2.05) is 30.0 Å². The smallest absolute Gasteiger partial charge is 0.245 e. The Morgan fingerprint density at radius 1 is 1.20 bits per heavy atom. The number of phenols is 1. The number of nitrogens with zero attached hydrogens (tertiary/aromatic N) is 2. The molecule has 132 valence electrons. The monoisotopic (exact) mass is 342 g/mol. The van der Waals surface area contributed by atoms with Gasteiger partial charge in [-0.25, -0.2) is 4.39 Å². The third-order valence-corrected chi connectivity index (χ3v) is 4.47. The highest BCUT2D eigenvalue weighted by Gasteiger charge is 2.37. The molecular weight excluding hydrogens is 319 g/mol. The van der Waals surface area contributed by atoms with E-state index in [0.29, 0.717) is 6.54 Å². The van der Waals surface area contributed by atoms with Crippen molar-refractivity contribution in [2.45, 2.75) is 31.5 Å². The number of likely N-dealkylation sites (N-methyl/N-ethyl adjacent to an activating group) is 1. The lowest BCUT2D eigenvalue weighted by atomic mass is 10.0. The first-order valence-electron chi connectivity index (χ1n) is 8.46. The second kappa shape index (κ2) is 7.23. The minimum Gasteiger partial charge on any atom is -0.508 e. The van der Waals surface area contributed by atoms with Gasteiger partial charge in [0.15, 0.2) is 0 Å². The molecule has 1 amide bonds. The summed E-state index contributed by atoms with van der Waals surface area (Å²) in [6.07, 6.45) is 1.99. The van der Waals surface area contributed by atoms with Gasteiger partial charge < -0.3 is 10.0 Å². The fourth-order valence-electron chi connectivity index (χ4n) is 3.09. The van der Waals surface area contributed by atoms with Crippen LogP contribution in [0.15, 0.2) is 48.5 Å². The zero-order valence-corrected chi connectivity index (χ0v) is 14.5. The van der Waals surface area contributed by atoms with E-state index in [9.17, 15) is 14.3 Å². The number of hydrogen-bond donors (Lipinski definition) is 1. The minimum atomic E-state index is -0.460. The molecule has 0 unspecified atom stereocenters. The molecule has 0 aliphatic heterocycles. The Morgan fingerprint density at radius 2 is 1.88 bits per heavy atom. The number of amides is 1. The van der Waals surface area contributed by atoms with Crippen LogP contribution in [0.3, 0.4) is 0 Å². The van der Waals surface area contributed by atoms with E-state index in [4.69, 9.17) is 0 Å². The highest BCUT2D eigenvalue weighted by atomic mass is 19.1. The van der Waals surface area contributed by atoms with Gasteiger partial charge >= 0.3 is 0 Å². The Morgan fingerprint density at radius 3 is 2.44 bits per heavy atom. The van der Waals surface area contributed by atoms with Gasteiger partial charge in [0.25, 0.3) is 0 Å². The van der Waals surface area contributed by atoms with Crippen LogP contribution >= 0.6 is 0 Å². The molecule has 2 aromatic rings. The van der Waals surface area contributed by atoms with Crippen LogP contribution in [0.4, 0.5) is 4.39 Å². The van der Waals surface area contributed by atoms with Crippen molar-refractivity contribution >= 4 is 5.91 Å². The van der Waals surface area contributed by atoms with Crippen molar-refractivity contribution < 1.29 is 14.3 Å². The molecule has 1 aliphatic carbocycles. The molecule has 2 aromatic carbocycles. The van der Waals surface area contributed by atoms with E-state index in [1.54, 1.807) is 30.3 Å². The highest BCUT2D eigenvalue weighted by molar-refractivity contribution is 5.84. The molecule has 0 aromatic heterocycles.